The Bertz CT molecular complexity index is 1330. The number of hydrogen-bond donors (Lipinski definition) is 0. The predicted octanol–water partition coefficient (Wildman–Crippen LogP) is 4.67. The fraction of sp³-hybridized carbons (Fsp3) is 0.259. The topological polar surface area (TPSA) is 63.6 Å². The van der Waals surface area contributed by atoms with Crippen molar-refractivity contribution in [2.75, 3.05) is 33.0 Å². The van der Waals surface area contributed by atoms with Crippen molar-refractivity contribution in [1.29, 1.82) is 0 Å². The Balaban J connectivity index is 1.26. The molecule has 3 aromatic rings. The minimum atomic E-state index is 0.00107. The molecule has 3 aliphatic heterocycles. The largest absolute Gasteiger partial charge is 0.454 e. The second-order valence-electron chi connectivity index (χ2n) is 8.86. The summed E-state index contributed by atoms with van der Waals surface area (Å²) in [5.74, 6) is 3.75. The van der Waals surface area contributed by atoms with E-state index >= 15 is 0 Å². The van der Waals surface area contributed by atoms with E-state index in [4.69, 9.17) is 19.2 Å². The fourth-order valence-corrected chi connectivity index (χ4v) is 4.57. The zero-order valence-corrected chi connectivity index (χ0v) is 19.2. The highest BCUT2D eigenvalue weighted by Crippen LogP contribution is 2.39. The van der Waals surface area contributed by atoms with Gasteiger partial charge in [0.25, 0.3) is 5.91 Å². The van der Waals surface area contributed by atoms with Crippen molar-refractivity contribution in [1.82, 2.24) is 9.80 Å². The van der Waals surface area contributed by atoms with E-state index in [2.05, 4.69) is 24.0 Å². The molecule has 0 atom stereocenters. The molecule has 3 aliphatic rings. The fourth-order valence-electron chi connectivity index (χ4n) is 4.57. The first-order valence-corrected chi connectivity index (χ1v) is 11.5. The third kappa shape index (κ3) is 3.63. The zero-order chi connectivity index (χ0) is 23.2. The summed E-state index contributed by atoms with van der Waals surface area (Å²) in [7, 11) is 0. The standard InChI is InChI=1S/C27H25N3O4/c1-17-4-7-22-20(13-17)26(28-21-6-3-18(2)14-24(21)34-22)29-9-11-30(12-10-29)27(31)19-5-8-23-25(15-19)33-16-32-23/h3-8,13-15H,9-12,16H2,1-2H3. The van der Waals surface area contributed by atoms with Gasteiger partial charge in [-0.05, 0) is 61.9 Å². The molecule has 34 heavy (non-hydrogen) atoms. The molecule has 1 fully saturated rings. The lowest BCUT2D eigenvalue weighted by molar-refractivity contribution is 0.0691. The molecule has 0 radical (unpaired) electrons. The van der Waals surface area contributed by atoms with E-state index < -0.39 is 0 Å². The molecular formula is C27H25N3O4. The number of aliphatic imine (C=N–C) groups is 1. The van der Waals surface area contributed by atoms with Crippen LogP contribution >= 0.6 is 0 Å². The lowest BCUT2D eigenvalue weighted by atomic mass is 10.1. The smallest absolute Gasteiger partial charge is 0.254 e. The second-order valence-corrected chi connectivity index (χ2v) is 8.86. The van der Waals surface area contributed by atoms with Gasteiger partial charge in [0, 0.05) is 31.7 Å². The van der Waals surface area contributed by atoms with Crippen LogP contribution in [0.5, 0.6) is 23.0 Å². The first kappa shape index (κ1) is 20.6. The van der Waals surface area contributed by atoms with Crippen LogP contribution in [-0.4, -0.2) is 54.5 Å². The van der Waals surface area contributed by atoms with Crippen LogP contribution in [0.1, 0.15) is 27.0 Å². The first-order valence-electron chi connectivity index (χ1n) is 11.5. The maximum absolute atomic E-state index is 13.1. The number of nitrogens with zero attached hydrogens (tertiary/aromatic N) is 3. The molecule has 3 heterocycles. The maximum Gasteiger partial charge on any atom is 0.254 e. The summed E-state index contributed by atoms with van der Waals surface area (Å²) >= 11 is 0. The van der Waals surface area contributed by atoms with Gasteiger partial charge in [0.05, 0.1) is 5.56 Å². The monoisotopic (exact) mass is 455 g/mol. The Morgan fingerprint density at radius 3 is 2.38 bits per heavy atom. The average molecular weight is 456 g/mol. The number of aryl methyl sites for hydroxylation is 2. The number of ether oxygens (including phenoxy) is 3. The van der Waals surface area contributed by atoms with E-state index in [0.717, 1.165) is 39.7 Å². The van der Waals surface area contributed by atoms with Crippen LogP contribution in [0.15, 0.2) is 59.6 Å². The van der Waals surface area contributed by atoms with Gasteiger partial charge in [0.15, 0.2) is 17.2 Å². The Hall–Kier alpha value is -4.00. The summed E-state index contributed by atoms with van der Waals surface area (Å²) in [6.45, 7) is 6.90. The highest BCUT2D eigenvalue weighted by molar-refractivity contribution is 6.04. The Morgan fingerprint density at radius 1 is 0.794 bits per heavy atom. The minimum absolute atomic E-state index is 0.00107. The van der Waals surface area contributed by atoms with E-state index in [1.165, 1.54) is 0 Å². The van der Waals surface area contributed by atoms with Gasteiger partial charge in [-0.3, -0.25) is 4.79 Å². The number of rotatable bonds is 1. The van der Waals surface area contributed by atoms with E-state index in [1.807, 2.05) is 36.1 Å². The number of piperazine rings is 1. The summed E-state index contributed by atoms with van der Waals surface area (Å²) < 4.78 is 17.1. The highest BCUT2D eigenvalue weighted by Gasteiger charge is 2.29. The summed E-state index contributed by atoms with van der Waals surface area (Å²) in [5.41, 5.74) is 4.68. The van der Waals surface area contributed by atoms with E-state index in [0.29, 0.717) is 43.2 Å². The SMILES string of the molecule is Cc1ccc2c(c1)Oc1ccc(C)cc1C(N1CCN(C(=O)c3ccc4c(c3)OCO4)CC1)=N2. The minimum Gasteiger partial charge on any atom is -0.454 e. The molecule has 1 saturated heterocycles. The Morgan fingerprint density at radius 2 is 1.53 bits per heavy atom. The number of benzene rings is 3. The molecular weight excluding hydrogens is 430 g/mol. The molecule has 0 N–H and O–H groups in total. The van der Waals surface area contributed by atoms with Crippen LogP contribution in [-0.2, 0) is 0 Å². The van der Waals surface area contributed by atoms with Crippen molar-refractivity contribution in [3.05, 3.63) is 76.9 Å². The van der Waals surface area contributed by atoms with Crippen LogP contribution in [0.4, 0.5) is 5.69 Å². The molecule has 3 aromatic carbocycles. The van der Waals surface area contributed by atoms with Crippen molar-refractivity contribution in [3.8, 4) is 23.0 Å². The van der Waals surface area contributed by atoms with Crippen molar-refractivity contribution < 1.29 is 19.0 Å². The number of carbonyl (C=O) groups is 1. The van der Waals surface area contributed by atoms with Crippen molar-refractivity contribution in [3.63, 3.8) is 0 Å². The lowest BCUT2D eigenvalue weighted by Crippen LogP contribution is -2.50. The van der Waals surface area contributed by atoms with Crippen LogP contribution in [0, 0.1) is 13.8 Å². The molecule has 0 spiro atoms. The van der Waals surface area contributed by atoms with Gasteiger partial charge in [-0.2, -0.15) is 0 Å². The van der Waals surface area contributed by atoms with Gasteiger partial charge in [-0.25, -0.2) is 4.99 Å². The lowest BCUT2D eigenvalue weighted by Gasteiger charge is -2.36. The summed E-state index contributed by atoms with van der Waals surface area (Å²) in [6, 6.07) is 17.6. The van der Waals surface area contributed by atoms with Crippen molar-refractivity contribution >= 4 is 17.4 Å². The summed E-state index contributed by atoms with van der Waals surface area (Å²) in [4.78, 5) is 22.3. The molecule has 0 bridgehead atoms. The quantitative estimate of drug-likeness (QED) is 0.533. The number of hydrogen-bond acceptors (Lipinski definition) is 6. The van der Waals surface area contributed by atoms with Crippen LogP contribution in [0.3, 0.4) is 0 Å². The van der Waals surface area contributed by atoms with Gasteiger partial charge in [-0.15, -0.1) is 0 Å². The number of amidine groups is 1. The van der Waals surface area contributed by atoms with E-state index in [9.17, 15) is 4.79 Å². The van der Waals surface area contributed by atoms with Gasteiger partial charge in [0.1, 0.15) is 17.3 Å². The van der Waals surface area contributed by atoms with E-state index in [1.54, 1.807) is 18.2 Å². The van der Waals surface area contributed by atoms with Gasteiger partial charge in [0.2, 0.25) is 6.79 Å². The molecule has 172 valence electrons. The zero-order valence-electron chi connectivity index (χ0n) is 19.2. The summed E-state index contributed by atoms with van der Waals surface area (Å²) in [5, 5.41) is 0. The number of fused-ring (bicyclic) bond motifs is 3. The average Bonchev–Trinajstić information content (AvgIpc) is 3.26. The van der Waals surface area contributed by atoms with Crippen LogP contribution in [0.2, 0.25) is 0 Å². The Kier molecular flexibility index (Phi) is 4.90. The molecule has 0 aromatic heterocycles. The molecule has 7 heteroatoms. The van der Waals surface area contributed by atoms with Crippen molar-refractivity contribution in [2.45, 2.75) is 13.8 Å². The second kappa shape index (κ2) is 8.09. The maximum atomic E-state index is 13.1. The third-order valence-corrected chi connectivity index (χ3v) is 6.42. The van der Waals surface area contributed by atoms with Crippen LogP contribution in [0.25, 0.3) is 0 Å². The molecule has 1 amide bonds. The van der Waals surface area contributed by atoms with Gasteiger partial charge < -0.3 is 24.0 Å². The molecule has 6 rings (SSSR count). The summed E-state index contributed by atoms with van der Waals surface area (Å²) in [6.07, 6.45) is 0. The number of carbonyl (C=O) groups excluding carboxylic acids is 1. The van der Waals surface area contributed by atoms with Crippen molar-refractivity contribution in [2.24, 2.45) is 4.99 Å². The van der Waals surface area contributed by atoms with Crippen LogP contribution < -0.4 is 14.2 Å². The Labute approximate surface area is 198 Å². The van der Waals surface area contributed by atoms with Gasteiger partial charge >= 0.3 is 0 Å². The van der Waals surface area contributed by atoms with E-state index in [-0.39, 0.29) is 12.7 Å². The molecule has 0 unspecified atom stereocenters. The predicted molar refractivity (Wildman–Crippen MR) is 129 cm³/mol. The number of amides is 1. The molecule has 0 aliphatic carbocycles. The normalized spacial score (nSPS) is 16.2. The molecule has 7 nitrogen and oxygen atoms in total. The molecule has 0 saturated carbocycles. The highest BCUT2D eigenvalue weighted by atomic mass is 16.7. The first-order chi connectivity index (χ1) is 16.5. The third-order valence-electron chi connectivity index (χ3n) is 6.42. The van der Waals surface area contributed by atoms with Gasteiger partial charge in [-0.1, -0.05) is 17.7 Å².